The Morgan fingerprint density at radius 1 is 1.23 bits per heavy atom. The fourth-order valence-electron chi connectivity index (χ4n) is 2.88. The van der Waals surface area contributed by atoms with Gasteiger partial charge in [0.05, 0.1) is 11.0 Å². The maximum atomic E-state index is 12.3. The third kappa shape index (κ3) is 3.84. The SMILES string of the molecule is O=C(NCCc1nc(-c2ccccc2)no1)c1ccc([C@@H]2CCCO2)s1. The second-order valence-electron chi connectivity index (χ2n) is 6.09. The number of nitrogens with one attached hydrogen (secondary N) is 1. The zero-order valence-corrected chi connectivity index (χ0v) is 15.0. The van der Waals surface area contributed by atoms with Crippen molar-refractivity contribution in [1.29, 1.82) is 0 Å². The van der Waals surface area contributed by atoms with Crippen LogP contribution in [0.2, 0.25) is 0 Å². The summed E-state index contributed by atoms with van der Waals surface area (Å²) >= 11 is 1.50. The fraction of sp³-hybridized carbons (Fsp3) is 0.316. The minimum atomic E-state index is -0.0814. The zero-order valence-electron chi connectivity index (χ0n) is 14.2. The summed E-state index contributed by atoms with van der Waals surface area (Å²) in [6, 6.07) is 13.5. The topological polar surface area (TPSA) is 77.3 Å². The van der Waals surface area contributed by atoms with Gasteiger partial charge < -0.3 is 14.6 Å². The van der Waals surface area contributed by atoms with Crippen LogP contribution in [0.15, 0.2) is 47.0 Å². The van der Waals surface area contributed by atoms with Crippen LogP contribution in [0, 0.1) is 0 Å². The predicted octanol–water partition coefficient (Wildman–Crippen LogP) is 3.62. The molecular formula is C19H19N3O3S. The number of carbonyl (C=O) groups is 1. The summed E-state index contributed by atoms with van der Waals surface area (Å²) in [7, 11) is 0. The van der Waals surface area contributed by atoms with E-state index in [0.717, 1.165) is 29.9 Å². The van der Waals surface area contributed by atoms with E-state index in [0.29, 0.717) is 29.6 Å². The van der Waals surface area contributed by atoms with Gasteiger partial charge in [0, 0.05) is 30.0 Å². The molecule has 2 aromatic heterocycles. The Morgan fingerprint density at radius 2 is 2.12 bits per heavy atom. The molecule has 1 N–H and O–H groups in total. The van der Waals surface area contributed by atoms with Crippen LogP contribution in [0.25, 0.3) is 11.4 Å². The summed E-state index contributed by atoms with van der Waals surface area (Å²) in [6.07, 6.45) is 2.76. The molecule has 1 aromatic carbocycles. The summed E-state index contributed by atoms with van der Waals surface area (Å²) < 4.78 is 10.9. The zero-order chi connectivity index (χ0) is 17.8. The minimum absolute atomic E-state index is 0.0814. The van der Waals surface area contributed by atoms with E-state index >= 15 is 0 Å². The van der Waals surface area contributed by atoms with Gasteiger partial charge in [0.2, 0.25) is 11.7 Å². The number of hydrogen-bond acceptors (Lipinski definition) is 6. The van der Waals surface area contributed by atoms with Crippen molar-refractivity contribution in [2.24, 2.45) is 0 Å². The highest BCUT2D eigenvalue weighted by Crippen LogP contribution is 2.33. The Hall–Kier alpha value is -2.51. The second-order valence-corrected chi connectivity index (χ2v) is 7.20. The van der Waals surface area contributed by atoms with Crippen LogP contribution in [-0.2, 0) is 11.2 Å². The molecule has 0 saturated carbocycles. The first-order chi connectivity index (χ1) is 12.8. The lowest BCUT2D eigenvalue weighted by Gasteiger charge is -2.05. The number of amides is 1. The summed E-state index contributed by atoms with van der Waals surface area (Å²) in [5.74, 6) is 0.990. The monoisotopic (exact) mass is 369 g/mol. The molecule has 1 amide bonds. The first kappa shape index (κ1) is 16.9. The molecule has 26 heavy (non-hydrogen) atoms. The Morgan fingerprint density at radius 3 is 2.92 bits per heavy atom. The van der Waals surface area contributed by atoms with Crippen LogP contribution in [0.4, 0.5) is 0 Å². The lowest BCUT2D eigenvalue weighted by Crippen LogP contribution is -2.24. The van der Waals surface area contributed by atoms with Gasteiger partial charge >= 0.3 is 0 Å². The molecule has 1 aliphatic heterocycles. The van der Waals surface area contributed by atoms with Gasteiger partial charge in [-0.3, -0.25) is 4.79 Å². The first-order valence-corrected chi connectivity index (χ1v) is 9.49. The van der Waals surface area contributed by atoms with Gasteiger partial charge in [-0.15, -0.1) is 11.3 Å². The third-order valence-corrected chi connectivity index (χ3v) is 5.40. The molecule has 1 saturated heterocycles. The van der Waals surface area contributed by atoms with Crippen LogP contribution >= 0.6 is 11.3 Å². The fourth-order valence-corrected chi connectivity index (χ4v) is 3.89. The Kier molecular flexibility index (Phi) is 5.08. The number of aromatic nitrogens is 2. The number of hydrogen-bond donors (Lipinski definition) is 1. The summed E-state index contributed by atoms with van der Waals surface area (Å²) in [4.78, 5) is 18.5. The van der Waals surface area contributed by atoms with E-state index in [9.17, 15) is 4.79 Å². The first-order valence-electron chi connectivity index (χ1n) is 8.67. The van der Waals surface area contributed by atoms with Crippen molar-refractivity contribution in [3.8, 4) is 11.4 Å². The molecule has 3 aromatic rings. The highest BCUT2D eigenvalue weighted by atomic mass is 32.1. The van der Waals surface area contributed by atoms with E-state index in [1.807, 2.05) is 42.5 Å². The summed E-state index contributed by atoms with van der Waals surface area (Å²) in [5.41, 5.74) is 0.909. The lowest BCUT2D eigenvalue weighted by atomic mass is 10.2. The molecule has 1 fully saturated rings. The van der Waals surface area contributed by atoms with Gasteiger partial charge in [-0.05, 0) is 25.0 Å². The van der Waals surface area contributed by atoms with Gasteiger partial charge in [-0.25, -0.2) is 0 Å². The maximum Gasteiger partial charge on any atom is 0.261 e. The summed E-state index contributed by atoms with van der Waals surface area (Å²) in [6.45, 7) is 1.25. The number of carbonyl (C=O) groups excluding carboxylic acids is 1. The number of thiophene rings is 1. The minimum Gasteiger partial charge on any atom is -0.373 e. The summed E-state index contributed by atoms with van der Waals surface area (Å²) in [5, 5.41) is 6.88. The standard InChI is InChI=1S/C19H19N3O3S/c23-19(16-9-8-15(26-16)14-7-4-12-24-14)20-11-10-17-21-18(22-25-17)13-5-2-1-3-6-13/h1-3,5-6,8-9,14H,4,7,10-12H2,(H,20,23)/t14-/m0/s1. The molecule has 0 spiro atoms. The van der Waals surface area contributed by atoms with Gasteiger partial charge in [0.1, 0.15) is 0 Å². The second kappa shape index (κ2) is 7.80. The molecule has 6 nitrogen and oxygen atoms in total. The van der Waals surface area contributed by atoms with Crippen molar-refractivity contribution in [3.05, 3.63) is 58.1 Å². The van der Waals surface area contributed by atoms with E-state index in [1.165, 1.54) is 11.3 Å². The van der Waals surface area contributed by atoms with Crippen molar-refractivity contribution >= 4 is 17.2 Å². The molecule has 0 bridgehead atoms. The van der Waals surface area contributed by atoms with Crippen LogP contribution < -0.4 is 5.32 Å². The van der Waals surface area contributed by atoms with Crippen molar-refractivity contribution in [2.75, 3.05) is 13.2 Å². The molecule has 3 heterocycles. The van der Waals surface area contributed by atoms with Crippen molar-refractivity contribution in [1.82, 2.24) is 15.5 Å². The van der Waals surface area contributed by atoms with Crippen LogP contribution in [0.5, 0.6) is 0 Å². The van der Waals surface area contributed by atoms with E-state index < -0.39 is 0 Å². The van der Waals surface area contributed by atoms with Crippen LogP contribution in [-0.4, -0.2) is 29.2 Å². The molecule has 0 unspecified atom stereocenters. The van der Waals surface area contributed by atoms with E-state index in [1.54, 1.807) is 0 Å². The van der Waals surface area contributed by atoms with Gasteiger partial charge in [-0.1, -0.05) is 35.5 Å². The molecule has 1 atom stereocenters. The molecule has 0 aliphatic carbocycles. The van der Waals surface area contributed by atoms with E-state index in [-0.39, 0.29) is 12.0 Å². The quantitative estimate of drug-likeness (QED) is 0.718. The molecule has 7 heteroatoms. The Labute approximate surface area is 155 Å². The van der Waals surface area contributed by atoms with Crippen molar-refractivity contribution in [2.45, 2.75) is 25.4 Å². The lowest BCUT2D eigenvalue weighted by molar-refractivity contribution is 0.0957. The molecule has 1 aliphatic rings. The van der Waals surface area contributed by atoms with Crippen molar-refractivity contribution < 1.29 is 14.1 Å². The smallest absolute Gasteiger partial charge is 0.261 e. The van der Waals surface area contributed by atoms with Gasteiger partial charge in [0.25, 0.3) is 5.91 Å². The van der Waals surface area contributed by atoms with E-state index in [4.69, 9.17) is 9.26 Å². The normalized spacial score (nSPS) is 16.7. The number of rotatable bonds is 6. The number of ether oxygens (including phenoxy) is 1. The van der Waals surface area contributed by atoms with Gasteiger partial charge in [-0.2, -0.15) is 4.98 Å². The number of nitrogens with zero attached hydrogens (tertiary/aromatic N) is 2. The molecule has 0 radical (unpaired) electrons. The molecule has 134 valence electrons. The Bertz CT molecular complexity index is 869. The van der Waals surface area contributed by atoms with Crippen LogP contribution in [0.3, 0.4) is 0 Å². The highest BCUT2D eigenvalue weighted by Gasteiger charge is 2.20. The predicted molar refractivity (Wildman–Crippen MR) is 98.0 cm³/mol. The molecule has 4 rings (SSSR count). The van der Waals surface area contributed by atoms with E-state index in [2.05, 4.69) is 15.5 Å². The Balaban J connectivity index is 1.29. The molecular weight excluding hydrogens is 350 g/mol. The third-order valence-electron chi connectivity index (χ3n) is 4.22. The van der Waals surface area contributed by atoms with Crippen LogP contribution in [0.1, 0.15) is 39.4 Å². The average Bonchev–Trinajstić information content (AvgIpc) is 3.42. The highest BCUT2D eigenvalue weighted by molar-refractivity contribution is 7.14. The average molecular weight is 369 g/mol. The number of benzene rings is 1. The van der Waals surface area contributed by atoms with Gasteiger partial charge in [0.15, 0.2) is 0 Å². The van der Waals surface area contributed by atoms with Crippen molar-refractivity contribution in [3.63, 3.8) is 0 Å². The maximum absolute atomic E-state index is 12.3. The largest absolute Gasteiger partial charge is 0.373 e.